The van der Waals surface area contributed by atoms with E-state index in [1.165, 1.54) is 0 Å². The Kier molecular flexibility index (Phi) is 3.81. The third-order valence-electron chi connectivity index (χ3n) is 2.28. The van der Waals surface area contributed by atoms with E-state index >= 15 is 0 Å². The third-order valence-corrected chi connectivity index (χ3v) is 2.28. The molecular formula is C10H6F8O. The first-order valence-corrected chi connectivity index (χ1v) is 4.67. The Labute approximate surface area is 101 Å². The van der Waals surface area contributed by atoms with Crippen molar-refractivity contribution in [3.63, 3.8) is 0 Å². The number of hydrogen-bond acceptors (Lipinski definition) is 1. The molecule has 1 rings (SSSR count). The molecule has 0 radical (unpaired) electrons. The number of halogens is 8. The molecule has 0 fully saturated rings. The van der Waals surface area contributed by atoms with Crippen molar-refractivity contribution in [2.24, 2.45) is 0 Å². The fraction of sp³-hybridized carbons (Fsp3) is 0.400. The van der Waals surface area contributed by atoms with Crippen LogP contribution in [0.4, 0.5) is 35.1 Å². The first-order valence-electron chi connectivity index (χ1n) is 4.67. The van der Waals surface area contributed by atoms with Gasteiger partial charge in [0.15, 0.2) is 6.10 Å². The molecule has 1 nitrogen and oxygen atoms in total. The summed E-state index contributed by atoms with van der Waals surface area (Å²) in [6, 6.07) is 1.36. The summed E-state index contributed by atoms with van der Waals surface area (Å²) >= 11 is 0. The SMILES string of the molecule is OC(c1ccc(C(F)(F)F)cc1)C(F)(F)C(F)(F)F. The van der Waals surface area contributed by atoms with E-state index in [2.05, 4.69) is 0 Å². The molecule has 0 heterocycles. The lowest BCUT2D eigenvalue weighted by Gasteiger charge is -2.25. The summed E-state index contributed by atoms with van der Waals surface area (Å²) < 4.78 is 97.8. The van der Waals surface area contributed by atoms with E-state index in [0.29, 0.717) is 24.3 Å². The molecule has 0 spiro atoms. The average molecular weight is 294 g/mol. The van der Waals surface area contributed by atoms with Crippen LogP contribution in [0.15, 0.2) is 24.3 Å². The Morgan fingerprint density at radius 2 is 1.21 bits per heavy atom. The largest absolute Gasteiger partial charge is 0.456 e. The Balaban J connectivity index is 3.06. The molecule has 108 valence electrons. The van der Waals surface area contributed by atoms with Gasteiger partial charge in [-0.25, -0.2) is 0 Å². The predicted molar refractivity (Wildman–Crippen MR) is 47.4 cm³/mol. The van der Waals surface area contributed by atoms with Gasteiger partial charge in [0.25, 0.3) is 0 Å². The van der Waals surface area contributed by atoms with Crippen LogP contribution in [-0.4, -0.2) is 17.2 Å². The average Bonchev–Trinajstić information content (AvgIpc) is 2.25. The standard InChI is InChI=1S/C10H6F8O/c11-8(12,10(16,17)18)7(19)5-1-3-6(4-2-5)9(13,14)15/h1-4,7,19H. The summed E-state index contributed by atoms with van der Waals surface area (Å²) in [6.07, 6.45) is -14.0. The van der Waals surface area contributed by atoms with Gasteiger partial charge in [-0.05, 0) is 17.7 Å². The monoisotopic (exact) mass is 294 g/mol. The maximum atomic E-state index is 12.7. The van der Waals surface area contributed by atoms with E-state index in [0.717, 1.165) is 0 Å². The molecule has 0 aliphatic rings. The first kappa shape index (κ1) is 15.7. The minimum Gasteiger partial charge on any atom is -0.382 e. The molecule has 1 unspecified atom stereocenters. The number of aliphatic hydroxyl groups excluding tert-OH is 1. The zero-order valence-corrected chi connectivity index (χ0v) is 8.86. The quantitative estimate of drug-likeness (QED) is 0.819. The highest BCUT2D eigenvalue weighted by Gasteiger charge is 2.62. The first-order chi connectivity index (χ1) is 8.37. The molecule has 0 aromatic heterocycles. The van der Waals surface area contributed by atoms with Gasteiger partial charge in [0.05, 0.1) is 5.56 Å². The Morgan fingerprint density at radius 1 is 0.789 bits per heavy atom. The summed E-state index contributed by atoms with van der Waals surface area (Å²) in [5.74, 6) is -5.45. The molecule has 1 atom stereocenters. The van der Waals surface area contributed by atoms with Gasteiger partial charge in [0.2, 0.25) is 0 Å². The van der Waals surface area contributed by atoms with E-state index in [-0.39, 0.29) is 0 Å². The van der Waals surface area contributed by atoms with Gasteiger partial charge in [-0.3, -0.25) is 0 Å². The van der Waals surface area contributed by atoms with Crippen LogP contribution < -0.4 is 0 Å². The van der Waals surface area contributed by atoms with Gasteiger partial charge >= 0.3 is 18.3 Å². The number of aliphatic hydroxyl groups is 1. The fourth-order valence-corrected chi connectivity index (χ4v) is 1.22. The third kappa shape index (κ3) is 3.14. The molecule has 0 saturated carbocycles. The molecule has 0 bridgehead atoms. The van der Waals surface area contributed by atoms with Crippen LogP contribution in [0.25, 0.3) is 0 Å². The van der Waals surface area contributed by atoms with Crippen LogP contribution in [0.1, 0.15) is 17.2 Å². The van der Waals surface area contributed by atoms with E-state index in [9.17, 15) is 35.1 Å². The Morgan fingerprint density at radius 3 is 1.53 bits per heavy atom. The van der Waals surface area contributed by atoms with Crippen LogP contribution in [0.2, 0.25) is 0 Å². The Bertz CT molecular complexity index is 430. The minimum absolute atomic E-state index is 0.311. The van der Waals surface area contributed by atoms with Crippen LogP contribution in [0.3, 0.4) is 0 Å². The maximum absolute atomic E-state index is 12.7. The van der Waals surface area contributed by atoms with Crippen molar-refractivity contribution in [1.82, 2.24) is 0 Å². The molecule has 0 aliphatic carbocycles. The van der Waals surface area contributed by atoms with Crippen LogP contribution >= 0.6 is 0 Å². The molecule has 1 N–H and O–H groups in total. The minimum atomic E-state index is -6.00. The molecular weight excluding hydrogens is 288 g/mol. The summed E-state index contributed by atoms with van der Waals surface area (Å²) in [5.41, 5.74) is -2.19. The number of alkyl halides is 8. The second-order valence-corrected chi connectivity index (χ2v) is 3.64. The highest BCUT2D eigenvalue weighted by molar-refractivity contribution is 5.27. The normalized spacial score (nSPS) is 15.4. The van der Waals surface area contributed by atoms with Gasteiger partial charge in [0, 0.05) is 0 Å². The van der Waals surface area contributed by atoms with Crippen molar-refractivity contribution in [3.8, 4) is 0 Å². The lowest BCUT2D eigenvalue weighted by Crippen LogP contribution is -2.42. The molecule has 9 heteroatoms. The molecule has 0 aliphatic heterocycles. The van der Waals surface area contributed by atoms with Crippen molar-refractivity contribution in [1.29, 1.82) is 0 Å². The van der Waals surface area contributed by atoms with Gasteiger partial charge in [-0.1, -0.05) is 12.1 Å². The lowest BCUT2D eigenvalue weighted by molar-refractivity contribution is -0.315. The van der Waals surface area contributed by atoms with E-state index < -0.39 is 35.5 Å². The second-order valence-electron chi connectivity index (χ2n) is 3.64. The van der Waals surface area contributed by atoms with Crippen LogP contribution in [-0.2, 0) is 6.18 Å². The van der Waals surface area contributed by atoms with Crippen molar-refractivity contribution in [2.75, 3.05) is 0 Å². The highest BCUT2D eigenvalue weighted by Crippen LogP contribution is 2.44. The second kappa shape index (κ2) is 4.62. The van der Waals surface area contributed by atoms with E-state index in [4.69, 9.17) is 5.11 Å². The topological polar surface area (TPSA) is 20.2 Å². The molecule has 0 amide bonds. The van der Waals surface area contributed by atoms with Crippen LogP contribution in [0, 0.1) is 0 Å². The van der Waals surface area contributed by atoms with Crippen molar-refractivity contribution >= 4 is 0 Å². The number of benzene rings is 1. The summed E-state index contributed by atoms with van der Waals surface area (Å²) in [7, 11) is 0. The molecule has 19 heavy (non-hydrogen) atoms. The zero-order chi connectivity index (χ0) is 15.1. The van der Waals surface area contributed by atoms with E-state index in [1.807, 2.05) is 0 Å². The number of rotatable bonds is 2. The van der Waals surface area contributed by atoms with Crippen LogP contribution in [0.5, 0.6) is 0 Å². The van der Waals surface area contributed by atoms with E-state index in [1.54, 1.807) is 0 Å². The van der Waals surface area contributed by atoms with Crippen molar-refractivity contribution < 1.29 is 40.2 Å². The Hall–Kier alpha value is -1.38. The van der Waals surface area contributed by atoms with Gasteiger partial charge in [0.1, 0.15) is 0 Å². The summed E-state index contributed by atoms with van der Waals surface area (Å²) in [5, 5.41) is 8.93. The van der Waals surface area contributed by atoms with Crippen molar-refractivity contribution in [2.45, 2.75) is 24.4 Å². The van der Waals surface area contributed by atoms with Gasteiger partial charge < -0.3 is 5.11 Å². The smallest absolute Gasteiger partial charge is 0.382 e. The van der Waals surface area contributed by atoms with Crippen molar-refractivity contribution in [3.05, 3.63) is 35.4 Å². The zero-order valence-electron chi connectivity index (χ0n) is 8.86. The summed E-state index contributed by atoms with van der Waals surface area (Å²) in [6.45, 7) is 0. The number of hydrogen-bond donors (Lipinski definition) is 1. The molecule has 1 aromatic carbocycles. The molecule has 1 aromatic rings. The molecule has 0 saturated heterocycles. The fourth-order valence-electron chi connectivity index (χ4n) is 1.22. The van der Waals surface area contributed by atoms with Gasteiger partial charge in [-0.2, -0.15) is 35.1 Å². The summed E-state index contributed by atoms with van der Waals surface area (Å²) in [4.78, 5) is 0. The van der Waals surface area contributed by atoms with Gasteiger partial charge in [-0.15, -0.1) is 0 Å². The highest BCUT2D eigenvalue weighted by atomic mass is 19.4. The predicted octanol–water partition coefficient (Wildman–Crippen LogP) is 3.94. The lowest BCUT2D eigenvalue weighted by atomic mass is 10.0. The maximum Gasteiger partial charge on any atom is 0.456 e.